The van der Waals surface area contributed by atoms with Gasteiger partial charge in [-0.05, 0) is 12.1 Å². The van der Waals surface area contributed by atoms with Gasteiger partial charge in [-0.15, -0.1) is 12.6 Å². The normalized spacial score (nSPS) is 8.10. The molecule has 0 bridgehead atoms. The first-order valence-electron chi connectivity index (χ1n) is 2.57. The molecule has 0 heterocycles. The largest absolute Gasteiger partial charge is 1.00 e. The molecule has 0 atom stereocenters. The monoisotopic (exact) mass is 161 g/mol. The summed E-state index contributed by atoms with van der Waals surface area (Å²) in [6.45, 7) is 0. The van der Waals surface area contributed by atoms with E-state index in [0.29, 0.717) is 5.56 Å². The van der Waals surface area contributed by atoms with Gasteiger partial charge in [-0.3, -0.25) is 4.79 Å². The third kappa shape index (κ3) is 2.88. The zero-order valence-electron chi connectivity index (χ0n) is 5.74. The predicted octanol–water partition coefficient (Wildman–Crippen LogP) is -1.21. The van der Waals surface area contributed by atoms with Crippen molar-refractivity contribution in [1.82, 2.24) is 0 Å². The van der Waals surface area contributed by atoms with Gasteiger partial charge in [0.15, 0.2) is 0 Å². The van der Waals surface area contributed by atoms with Crippen LogP contribution in [0.5, 0.6) is 0 Å². The van der Waals surface area contributed by atoms with Gasteiger partial charge in [0.1, 0.15) is 6.29 Å². The molecule has 3 heteroatoms. The molecular weight excluding hydrogens is 155 g/mol. The summed E-state index contributed by atoms with van der Waals surface area (Å²) in [5.41, 5.74) is 0.688. The van der Waals surface area contributed by atoms with Crippen LogP contribution < -0.4 is 29.6 Å². The summed E-state index contributed by atoms with van der Waals surface area (Å²) >= 11 is 4.05. The number of benzene rings is 1. The van der Waals surface area contributed by atoms with Crippen LogP contribution in [0.25, 0.3) is 0 Å². The van der Waals surface area contributed by atoms with E-state index in [9.17, 15) is 4.79 Å². The number of hydrogen-bond donors (Lipinski definition) is 1. The van der Waals surface area contributed by atoms with Crippen LogP contribution in [0.2, 0.25) is 0 Å². The third-order valence-electron chi connectivity index (χ3n) is 1.03. The topological polar surface area (TPSA) is 17.1 Å². The zero-order chi connectivity index (χ0) is 6.69. The Labute approximate surface area is 87.5 Å². The van der Waals surface area contributed by atoms with Crippen LogP contribution in [-0.4, -0.2) is 6.29 Å². The number of thiol groups is 1. The second kappa shape index (κ2) is 4.97. The van der Waals surface area contributed by atoms with E-state index in [0.717, 1.165) is 11.2 Å². The molecule has 10 heavy (non-hydrogen) atoms. The fourth-order valence-electron chi connectivity index (χ4n) is 0.553. The SMILES string of the molecule is O=Cc1ccc(S)cc1.[Na+]. The minimum Gasteiger partial charge on any atom is -0.298 e. The average Bonchev–Trinajstić information content (AvgIpc) is 1.90. The Morgan fingerprint density at radius 1 is 1.20 bits per heavy atom. The minimum absolute atomic E-state index is 0. The van der Waals surface area contributed by atoms with E-state index in [1.165, 1.54) is 0 Å². The Balaban J connectivity index is 0.000000810. The van der Waals surface area contributed by atoms with Crippen LogP contribution in [0, 0.1) is 0 Å². The molecule has 1 aromatic carbocycles. The number of aldehydes is 1. The molecule has 0 aromatic heterocycles. The molecule has 0 radical (unpaired) electrons. The second-order valence-electron chi connectivity index (χ2n) is 1.71. The Morgan fingerprint density at radius 2 is 1.70 bits per heavy atom. The summed E-state index contributed by atoms with van der Waals surface area (Å²) in [5, 5.41) is 0. The van der Waals surface area contributed by atoms with E-state index < -0.39 is 0 Å². The van der Waals surface area contributed by atoms with E-state index in [2.05, 4.69) is 12.6 Å². The maximum absolute atomic E-state index is 10.1. The zero-order valence-corrected chi connectivity index (χ0v) is 8.64. The fraction of sp³-hybridized carbons (Fsp3) is 0. The van der Waals surface area contributed by atoms with Gasteiger partial charge in [0.25, 0.3) is 0 Å². The Morgan fingerprint density at radius 3 is 2.10 bits per heavy atom. The molecule has 0 unspecified atom stereocenters. The van der Waals surface area contributed by atoms with E-state index in [4.69, 9.17) is 0 Å². The van der Waals surface area contributed by atoms with Crippen LogP contribution in [0.3, 0.4) is 0 Å². The second-order valence-corrected chi connectivity index (χ2v) is 2.23. The maximum Gasteiger partial charge on any atom is 1.00 e. The molecule has 0 amide bonds. The predicted molar refractivity (Wildman–Crippen MR) is 39.1 cm³/mol. The van der Waals surface area contributed by atoms with Crippen molar-refractivity contribution in [3.05, 3.63) is 29.8 Å². The van der Waals surface area contributed by atoms with Crippen molar-refractivity contribution in [2.75, 3.05) is 0 Å². The summed E-state index contributed by atoms with van der Waals surface area (Å²) in [5.74, 6) is 0. The maximum atomic E-state index is 10.1. The molecule has 1 aromatic rings. The molecule has 0 aliphatic carbocycles. The van der Waals surface area contributed by atoms with Crippen molar-refractivity contribution in [2.24, 2.45) is 0 Å². The van der Waals surface area contributed by atoms with Crippen LogP contribution in [0.1, 0.15) is 10.4 Å². The fourth-order valence-corrected chi connectivity index (χ4v) is 0.702. The van der Waals surface area contributed by atoms with E-state index in [-0.39, 0.29) is 29.6 Å². The molecule has 46 valence electrons. The van der Waals surface area contributed by atoms with Crippen molar-refractivity contribution in [1.29, 1.82) is 0 Å². The van der Waals surface area contributed by atoms with Crippen LogP contribution in [0.4, 0.5) is 0 Å². The molecule has 0 fully saturated rings. The summed E-state index contributed by atoms with van der Waals surface area (Å²) in [7, 11) is 0. The standard InChI is InChI=1S/C7H6OS.Na/c8-5-6-1-3-7(9)4-2-6;/h1-5,9H;/q;+1. The first-order chi connectivity index (χ1) is 4.33. The van der Waals surface area contributed by atoms with Gasteiger partial charge in [0.05, 0.1) is 0 Å². The van der Waals surface area contributed by atoms with Crippen molar-refractivity contribution < 1.29 is 34.4 Å². The minimum atomic E-state index is 0. The molecule has 0 aliphatic heterocycles. The van der Waals surface area contributed by atoms with Gasteiger partial charge in [-0.25, -0.2) is 0 Å². The summed E-state index contributed by atoms with van der Waals surface area (Å²) in [4.78, 5) is 11.0. The van der Waals surface area contributed by atoms with Crippen molar-refractivity contribution in [2.45, 2.75) is 4.90 Å². The van der Waals surface area contributed by atoms with Crippen LogP contribution >= 0.6 is 12.6 Å². The summed E-state index contributed by atoms with van der Waals surface area (Å²) < 4.78 is 0. The van der Waals surface area contributed by atoms with Crippen LogP contribution in [-0.2, 0) is 0 Å². The average molecular weight is 161 g/mol. The summed E-state index contributed by atoms with van der Waals surface area (Å²) in [6, 6.07) is 7.03. The molecule has 0 spiro atoms. The number of hydrogen-bond acceptors (Lipinski definition) is 2. The molecule has 0 N–H and O–H groups in total. The van der Waals surface area contributed by atoms with Gasteiger partial charge in [0.2, 0.25) is 0 Å². The Bertz CT molecular complexity index is 207. The van der Waals surface area contributed by atoms with E-state index in [1.807, 2.05) is 0 Å². The van der Waals surface area contributed by atoms with E-state index >= 15 is 0 Å². The number of rotatable bonds is 1. The van der Waals surface area contributed by atoms with Gasteiger partial charge in [0, 0.05) is 10.5 Å². The molecule has 1 nitrogen and oxygen atoms in total. The molecular formula is C7H6NaOS+. The molecule has 1 rings (SSSR count). The smallest absolute Gasteiger partial charge is 0.298 e. The number of carbonyl (C=O) groups is 1. The van der Waals surface area contributed by atoms with Gasteiger partial charge in [-0.2, -0.15) is 0 Å². The quantitative estimate of drug-likeness (QED) is 0.311. The molecule has 0 saturated carbocycles. The Kier molecular flexibility index (Phi) is 5.09. The first kappa shape index (κ1) is 10.2. The van der Waals surface area contributed by atoms with Crippen molar-refractivity contribution >= 4 is 18.9 Å². The van der Waals surface area contributed by atoms with Crippen molar-refractivity contribution in [3.63, 3.8) is 0 Å². The molecule has 0 saturated heterocycles. The van der Waals surface area contributed by atoms with Gasteiger partial charge < -0.3 is 0 Å². The van der Waals surface area contributed by atoms with E-state index in [1.54, 1.807) is 24.3 Å². The molecule has 0 aliphatic rings. The summed E-state index contributed by atoms with van der Waals surface area (Å²) in [6.07, 6.45) is 0.813. The van der Waals surface area contributed by atoms with Crippen LogP contribution in [0.15, 0.2) is 29.2 Å². The number of carbonyl (C=O) groups excluding carboxylic acids is 1. The van der Waals surface area contributed by atoms with Crippen molar-refractivity contribution in [3.8, 4) is 0 Å². The third-order valence-corrected chi connectivity index (χ3v) is 1.33. The Hall–Kier alpha value is 0.240. The van der Waals surface area contributed by atoms with Gasteiger partial charge >= 0.3 is 29.6 Å². The first-order valence-corrected chi connectivity index (χ1v) is 3.02. The van der Waals surface area contributed by atoms with Gasteiger partial charge in [-0.1, -0.05) is 12.1 Å².